The quantitative estimate of drug-likeness (QED) is 0.757. The molecule has 0 amide bonds. The molecule has 0 aliphatic heterocycles. The van der Waals surface area contributed by atoms with Gasteiger partial charge in [0.15, 0.2) is 0 Å². The molecule has 5 nitrogen and oxygen atoms in total. The number of halogens is 1. The smallest absolute Gasteiger partial charge is 0.216 e. The molecule has 24 heavy (non-hydrogen) atoms. The number of hydrogen-bond acceptors (Lipinski definition) is 5. The van der Waals surface area contributed by atoms with Gasteiger partial charge in [0.2, 0.25) is 9.84 Å². The molecule has 7 heteroatoms. The van der Waals surface area contributed by atoms with Crippen molar-refractivity contribution in [3.8, 4) is 17.6 Å². The van der Waals surface area contributed by atoms with E-state index in [0.29, 0.717) is 22.1 Å². The second-order valence-electron chi connectivity index (χ2n) is 4.69. The number of allylic oxidation sites excluding steroid dienone is 1. The first kappa shape index (κ1) is 17.9. The SMILES string of the molecule is COc1ccc(/C=C(\C#N)S(=O)(=O)c2ccc(Cl)cc2)c(OC)c1. The van der Waals surface area contributed by atoms with Gasteiger partial charge in [-0.15, -0.1) is 0 Å². The third-order valence-corrected chi connectivity index (χ3v) is 5.18. The zero-order valence-electron chi connectivity index (χ0n) is 13.0. The first-order chi connectivity index (χ1) is 11.4. The number of ether oxygens (including phenoxy) is 2. The van der Waals surface area contributed by atoms with Crippen LogP contribution in [0, 0.1) is 11.3 Å². The second-order valence-corrected chi connectivity index (χ2v) is 7.04. The summed E-state index contributed by atoms with van der Waals surface area (Å²) in [4.78, 5) is -0.402. The van der Waals surface area contributed by atoms with Crippen LogP contribution in [-0.4, -0.2) is 22.6 Å². The summed E-state index contributed by atoms with van der Waals surface area (Å²) in [6, 6.07) is 12.2. The lowest BCUT2D eigenvalue weighted by molar-refractivity contribution is 0.394. The largest absolute Gasteiger partial charge is 0.497 e. The van der Waals surface area contributed by atoms with Gasteiger partial charge in [0.1, 0.15) is 22.5 Å². The fourth-order valence-corrected chi connectivity index (χ4v) is 3.27. The van der Waals surface area contributed by atoms with Crippen LogP contribution in [-0.2, 0) is 9.84 Å². The van der Waals surface area contributed by atoms with Gasteiger partial charge in [-0.3, -0.25) is 0 Å². The van der Waals surface area contributed by atoms with E-state index in [4.69, 9.17) is 21.1 Å². The van der Waals surface area contributed by atoms with Crippen molar-refractivity contribution in [1.82, 2.24) is 0 Å². The van der Waals surface area contributed by atoms with Crippen LogP contribution in [0.15, 0.2) is 52.3 Å². The van der Waals surface area contributed by atoms with Crippen molar-refractivity contribution in [2.75, 3.05) is 14.2 Å². The Kier molecular flexibility index (Phi) is 5.50. The molecule has 2 rings (SSSR count). The highest BCUT2D eigenvalue weighted by Crippen LogP contribution is 2.29. The van der Waals surface area contributed by atoms with Gasteiger partial charge in [-0.25, -0.2) is 8.42 Å². The van der Waals surface area contributed by atoms with Gasteiger partial charge >= 0.3 is 0 Å². The maximum atomic E-state index is 12.6. The van der Waals surface area contributed by atoms with E-state index in [1.807, 2.05) is 0 Å². The van der Waals surface area contributed by atoms with Crippen LogP contribution in [0.2, 0.25) is 5.02 Å². The Labute approximate surface area is 145 Å². The highest BCUT2D eigenvalue weighted by Gasteiger charge is 2.21. The Hall–Kier alpha value is -2.49. The summed E-state index contributed by atoms with van der Waals surface area (Å²) in [6.07, 6.45) is 1.27. The molecule has 0 bridgehead atoms. The Balaban J connectivity index is 2.54. The van der Waals surface area contributed by atoms with Crippen molar-refractivity contribution in [1.29, 1.82) is 5.26 Å². The zero-order chi connectivity index (χ0) is 17.7. The first-order valence-corrected chi connectivity index (χ1v) is 8.63. The maximum absolute atomic E-state index is 12.6. The summed E-state index contributed by atoms with van der Waals surface area (Å²) < 4.78 is 35.5. The monoisotopic (exact) mass is 363 g/mol. The minimum atomic E-state index is -3.95. The molecule has 0 radical (unpaired) electrons. The standard InChI is InChI=1S/C17H14ClNO4S/c1-22-14-6-3-12(17(10-14)23-2)9-16(11-19)24(20,21)15-7-4-13(18)5-8-15/h3-10H,1-2H3/b16-9+. The molecule has 0 aliphatic rings. The predicted molar refractivity (Wildman–Crippen MR) is 91.8 cm³/mol. The van der Waals surface area contributed by atoms with Crippen molar-refractivity contribution in [2.45, 2.75) is 4.90 Å². The van der Waals surface area contributed by atoms with Crippen LogP contribution in [0.5, 0.6) is 11.5 Å². The molecule has 0 heterocycles. The number of methoxy groups -OCH3 is 2. The lowest BCUT2D eigenvalue weighted by atomic mass is 10.2. The highest BCUT2D eigenvalue weighted by atomic mass is 35.5. The number of rotatable bonds is 5. The molecule has 0 saturated heterocycles. The Morgan fingerprint density at radius 2 is 1.79 bits per heavy atom. The fraction of sp³-hybridized carbons (Fsp3) is 0.118. The van der Waals surface area contributed by atoms with Crippen LogP contribution in [0.25, 0.3) is 6.08 Å². The summed E-state index contributed by atoms with van der Waals surface area (Å²) >= 11 is 5.77. The van der Waals surface area contributed by atoms with E-state index in [9.17, 15) is 13.7 Å². The van der Waals surface area contributed by atoms with Gasteiger partial charge in [0, 0.05) is 16.7 Å². The van der Waals surface area contributed by atoms with E-state index in [0.717, 1.165) is 0 Å². The van der Waals surface area contributed by atoms with Gasteiger partial charge in [-0.2, -0.15) is 5.26 Å². The third-order valence-electron chi connectivity index (χ3n) is 3.25. The van der Waals surface area contributed by atoms with E-state index in [1.165, 1.54) is 44.6 Å². The summed E-state index contributed by atoms with van der Waals surface area (Å²) in [5, 5.41) is 9.72. The molecular weight excluding hydrogens is 350 g/mol. The van der Waals surface area contributed by atoms with Gasteiger partial charge in [0.05, 0.1) is 19.1 Å². The minimum Gasteiger partial charge on any atom is -0.497 e. The second kappa shape index (κ2) is 7.39. The summed E-state index contributed by atoms with van der Waals surface area (Å²) in [7, 11) is -0.992. The topological polar surface area (TPSA) is 76.4 Å². The molecule has 0 atom stereocenters. The van der Waals surface area contributed by atoms with E-state index in [1.54, 1.807) is 24.3 Å². The van der Waals surface area contributed by atoms with Crippen molar-refractivity contribution >= 4 is 27.5 Å². The molecule has 0 aliphatic carbocycles. The van der Waals surface area contributed by atoms with Crippen LogP contribution in [0.4, 0.5) is 0 Å². The predicted octanol–water partition coefficient (Wildman–Crippen LogP) is 3.70. The van der Waals surface area contributed by atoms with E-state index >= 15 is 0 Å². The Bertz CT molecular complexity index is 913. The molecular formula is C17H14ClNO4S. The fourth-order valence-electron chi connectivity index (χ4n) is 1.99. The normalized spacial score (nSPS) is 11.7. The Morgan fingerprint density at radius 3 is 2.33 bits per heavy atom. The summed E-state index contributed by atoms with van der Waals surface area (Å²) in [6.45, 7) is 0. The average molecular weight is 364 g/mol. The summed E-state index contributed by atoms with van der Waals surface area (Å²) in [5.74, 6) is 0.955. The molecule has 2 aromatic carbocycles. The number of sulfone groups is 1. The minimum absolute atomic E-state index is 0.00724. The van der Waals surface area contributed by atoms with E-state index in [2.05, 4.69) is 0 Å². The number of hydrogen-bond donors (Lipinski definition) is 0. The van der Waals surface area contributed by atoms with Gasteiger partial charge in [-0.05, 0) is 42.5 Å². The molecule has 0 fully saturated rings. The van der Waals surface area contributed by atoms with Crippen molar-refractivity contribution in [3.05, 3.63) is 58.0 Å². The van der Waals surface area contributed by atoms with Crippen molar-refractivity contribution < 1.29 is 17.9 Å². The molecule has 124 valence electrons. The lowest BCUT2D eigenvalue weighted by Crippen LogP contribution is -2.03. The molecule has 0 saturated carbocycles. The molecule has 0 unspecified atom stereocenters. The molecule has 0 aromatic heterocycles. The van der Waals surface area contributed by atoms with Crippen LogP contribution in [0.1, 0.15) is 5.56 Å². The van der Waals surface area contributed by atoms with E-state index in [-0.39, 0.29) is 4.90 Å². The lowest BCUT2D eigenvalue weighted by Gasteiger charge is -2.08. The number of nitriles is 1. The molecule has 0 spiro atoms. The average Bonchev–Trinajstić information content (AvgIpc) is 2.59. The van der Waals surface area contributed by atoms with Gasteiger partial charge in [-0.1, -0.05) is 11.6 Å². The highest BCUT2D eigenvalue weighted by molar-refractivity contribution is 7.95. The molecule has 2 aromatic rings. The molecule has 0 N–H and O–H groups in total. The van der Waals surface area contributed by atoms with Crippen molar-refractivity contribution in [3.63, 3.8) is 0 Å². The number of nitrogens with zero attached hydrogens (tertiary/aromatic N) is 1. The van der Waals surface area contributed by atoms with Gasteiger partial charge in [0.25, 0.3) is 0 Å². The third kappa shape index (κ3) is 3.70. The van der Waals surface area contributed by atoms with Crippen LogP contribution in [0.3, 0.4) is 0 Å². The summed E-state index contributed by atoms with van der Waals surface area (Å²) in [5.41, 5.74) is 0.451. The van der Waals surface area contributed by atoms with Crippen LogP contribution < -0.4 is 9.47 Å². The maximum Gasteiger partial charge on any atom is 0.216 e. The van der Waals surface area contributed by atoms with Gasteiger partial charge < -0.3 is 9.47 Å². The van der Waals surface area contributed by atoms with Crippen LogP contribution >= 0.6 is 11.6 Å². The Morgan fingerprint density at radius 1 is 1.12 bits per heavy atom. The zero-order valence-corrected chi connectivity index (χ0v) is 14.6. The first-order valence-electron chi connectivity index (χ1n) is 6.77. The van der Waals surface area contributed by atoms with E-state index < -0.39 is 14.7 Å². The van der Waals surface area contributed by atoms with Crippen molar-refractivity contribution in [2.24, 2.45) is 0 Å². The number of benzene rings is 2.